The Morgan fingerprint density at radius 2 is 1.54 bits per heavy atom. The fourth-order valence-electron chi connectivity index (χ4n) is 0.203. The van der Waals surface area contributed by atoms with Gasteiger partial charge in [0.15, 0.2) is 0 Å². The molecule has 0 aromatic rings. The Hall–Kier alpha value is -0.480. The average molecular weight is 233 g/mol. The van der Waals surface area contributed by atoms with Gasteiger partial charge in [0.25, 0.3) is 5.97 Å². The molecule has 13 heavy (non-hydrogen) atoms. The number of carboxylic acid groups (broad SMARTS) is 1. The highest BCUT2D eigenvalue weighted by Gasteiger charge is 1.81. The van der Waals surface area contributed by atoms with Crippen LogP contribution in [0, 0.1) is 0 Å². The lowest BCUT2D eigenvalue weighted by atomic mass is 10.8. The standard InChI is InChI=1S/C4H8O2.C2H4O2.CH2Cl2/c1-3-6-4(2)5;1-2(3)4;2-1-3/h3H2,1-2H3;1H3,(H,3,4);1H2. The van der Waals surface area contributed by atoms with Crippen LogP contribution < -0.4 is 0 Å². The minimum atomic E-state index is -0.833. The van der Waals surface area contributed by atoms with Crippen LogP contribution in [-0.2, 0) is 14.3 Å². The van der Waals surface area contributed by atoms with Gasteiger partial charge in [0.1, 0.15) is 0 Å². The number of carbonyl (C=O) groups excluding carboxylic acids is 1. The number of rotatable bonds is 1. The molecule has 0 aromatic carbocycles. The molecule has 0 spiro atoms. The second-order valence-electron chi connectivity index (χ2n) is 1.54. The van der Waals surface area contributed by atoms with Crippen molar-refractivity contribution >= 4 is 35.1 Å². The Kier molecular flexibility index (Phi) is 24.8. The van der Waals surface area contributed by atoms with Gasteiger partial charge in [-0.25, -0.2) is 0 Å². The fraction of sp³-hybridized carbons (Fsp3) is 0.714. The molecule has 0 aliphatic rings. The van der Waals surface area contributed by atoms with E-state index < -0.39 is 5.97 Å². The highest BCUT2D eigenvalue weighted by Crippen LogP contribution is 1.73. The molecular formula is C7H14Cl2O4. The summed E-state index contributed by atoms with van der Waals surface area (Å²) in [4.78, 5) is 18.8. The minimum Gasteiger partial charge on any atom is -0.481 e. The molecule has 6 heteroatoms. The largest absolute Gasteiger partial charge is 0.481 e. The van der Waals surface area contributed by atoms with E-state index in [-0.39, 0.29) is 11.3 Å². The Labute approximate surface area is 87.8 Å². The highest BCUT2D eigenvalue weighted by molar-refractivity contribution is 6.40. The fourth-order valence-corrected chi connectivity index (χ4v) is 0.203. The van der Waals surface area contributed by atoms with E-state index in [1.165, 1.54) is 6.92 Å². The van der Waals surface area contributed by atoms with Crippen LogP contribution in [0.2, 0.25) is 0 Å². The average Bonchev–Trinajstić information content (AvgIpc) is 1.86. The van der Waals surface area contributed by atoms with Gasteiger partial charge < -0.3 is 9.84 Å². The number of alkyl halides is 2. The van der Waals surface area contributed by atoms with Crippen molar-refractivity contribution in [2.75, 3.05) is 11.9 Å². The Morgan fingerprint density at radius 1 is 1.31 bits per heavy atom. The summed E-state index contributed by atoms with van der Waals surface area (Å²) in [6.07, 6.45) is 0. The summed E-state index contributed by atoms with van der Waals surface area (Å²) >= 11 is 9.53. The van der Waals surface area contributed by atoms with Crippen molar-refractivity contribution in [1.29, 1.82) is 0 Å². The molecule has 0 amide bonds. The van der Waals surface area contributed by atoms with Gasteiger partial charge in [0.2, 0.25) is 0 Å². The van der Waals surface area contributed by atoms with E-state index in [0.717, 1.165) is 6.92 Å². The van der Waals surface area contributed by atoms with Gasteiger partial charge in [-0.1, -0.05) is 0 Å². The third-order valence-electron chi connectivity index (χ3n) is 0.348. The lowest BCUT2D eigenvalue weighted by molar-refractivity contribution is -0.140. The van der Waals surface area contributed by atoms with Gasteiger partial charge in [-0.05, 0) is 6.92 Å². The maximum Gasteiger partial charge on any atom is 0.302 e. The number of carboxylic acids is 1. The molecule has 0 bridgehead atoms. The third-order valence-corrected chi connectivity index (χ3v) is 0.348. The quantitative estimate of drug-likeness (QED) is 0.556. The van der Waals surface area contributed by atoms with E-state index >= 15 is 0 Å². The summed E-state index contributed by atoms with van der Waals surface area (Å²) in [7, 11) is 0. The van der Waals surface area contributed by atoms with Crippen molar-refractivity contribution < 1.29 is 19.4 Å². The monoisotopic (exact) mass is 232 g/mol. The molecule has 4 nitrogen and oxygen atoms in total. The summed E-state index contributed by atoms with van der Waals surface area (Å²) in [6, 6.07) is 0. The van der Waals surface area contributed by atoms with Gasteiger partial charge >= 0.3 is 5.97 Å². The molecule has 80 valence electrons. The molecule has 0 saturated heterocycles. The van der Waals surface area contributed by atoms with Gasteiger partial charge in [-0.2, -0.15) is 0 Å². The highest BCUT2D eigenvalue weighted by atomic mass is 35.5. The van der Waals surface area contributed by atoms with E-state index in [1.807, 2.05) is 0 Å². The predicted molar refractivity (Wildman–Crippen MR) is 52.2 cm³/mol. The molecule has 0 atom stereocenters. The predicted octanol–water partition coefficient (Wildman–Crippen LogP) is 2.08. The summed E-state index contributed by atoms with van der Waals surface area (Å²) in [5.41, 5.74) is 0. The lowest BCUT2D eigenvalue weighted by Crippen LogP contribution is -1.95. The first kappa shape index (κ1) is 18.3. The first-order chi connectivity index (χ1) is 5.92. The van der Waals surface area contributed by atoms with Crippen LogP contribution in [0.5, 0.6) is 0 Å². The van der Waals surface area contributed by atoms with Gasteiger partial charge in [0, 0.05) is 13.8 Å². The third kappa shape index (κ3) is 164. The summed E-state index contributed by atoms with van der Waals surface area (Å²) < 4.78 is 4.40. The van der Waals surface area contributed by atoms with Crippen LogP contribution in [0.4, 0.5) is 0 Å². The zero-order valence-corrected chi connectivity index (χ0v) is 9.35. The van der Waals surface area contributed by atoms with Crippen molar-refractivity contribution in [2.45, 2.75) is 20.8 Å². The van der Waals surface area contributed by atoms with Crippen molar-refractivity contribution in [3.8, 4) is 0 Å². The molecule has 1 N–H and O–H groups in total. The number of esters is 1. The summed E-state index contributed by atoms with van der Waals surface area (Å²) in [5.74, 6) is -1.04. The molecule has 0 saturated carbocycles. The number of hydrogen-bond donors (Lipinski definition) is 1. The van der Waals surface area contributed by atoms with Crippen molar-refractivity contribution in [1.82, 2.24) is 0 Å². The normalized spacial score (nSPS) is 6.85. The molecule has 0 heterocycles. The van der Waals surface area contributed by atoms with E-state index in [4.69, 9.17) is 33.1 Å². The van der Waals surface area contributed by atoms with E-state index in [2.05, 4.69) is 4.74 Å². The smallest absolute Gasteiger partial charge is 0.302 e. The van der Waals surface area contributed by atoms with Gasteiger partial charge in [0.05, 0.1) is 11.9 Å². The topological polar surface area (TPSA) is 63.6 Å². The number of carbonyl (C=O) groups is 2. The zero-order valence-electron chi connectivity index (χ0n) is 7.84. The van der Waals surface area contributed by atoms with Crippen molar-refractivity contribution in [3.05, 3.63) is 0 Å². The molecule has 0 aliphatic carbocycles. The van der Waals surface area contributed by atoms with Crippen LogP contribution in [0.25, 0.3) is 0 Å². The maximum atomic E-state index is 9.82. The van der Waals surface area contributed by atoms with Crippen molar-refractivity contribution in [3.63, 3.8) is 0 Å². The van der Waals surface area contributed by atoms with Gasteiger partial charge in [-0.3, -0.25) is 9.59 Å². The van der Waals surface area contributed by atoms with E-state index in [9.17, 15) is 4.79 Å². The molecule has 0 fully saturated rings. The number of hydrogen-bond acceptors (Lipinski definition) is 3. The zero-order chi connectivity index (χ0) is 11.3. The lowest BCUT2D eigenvalue weighted by Gasteiger charge is -1.89. The SMILES string of the molecule is CC(=O)O.CCOC(C)=O.ClCCl. The number of aliphatic carboxylic acids is 1. The Bertz CT molecular complexity index is 124. The van der Waals surface area contributed by atoms with Crippen LogP contribution in [0.15, 0.2) is 0 Å². The Morgan fingerprint density at radius 3 is 1.54 bits per heavy atom. The van der Waals surface area contributed by atoms with Crippen LogP contribution in [-0.4, -0.2) is 29.0 Å². The van der Waals surface area contributed by atoms with E-state index in [0.29, 0.717) is 6.61 Å². The summed E-state index contributed by atoms with van der Waals surface area (Å²) in [5, 5.41) is 7.61. The number of halogens is 2. The van der Waals surface area contributed by atoms with Crippen LogP contribution >= 0.6 is 23.2 Å². The van der Waals surface area contributed by atoms with Crippen LogP contribution in [0.3, 0.4) is 0 Å². The first-order valence-electron chi connectivity index (χ1n) is 3.37. The minimum absolute atomic E-state index is 0.194. The van der Waals surface area contributed by atoms with E-state index in [1.54, 1.807) is 6.92 Å². The molecule has 0 rings (SSSR count). The molecule has 0 aromatic heterocycles. The Balaban J connectivity index is -0.000000125. The maximum absolute atomic E-state index is 9.82. The molecule has 0 aliphatic heterocycles. The first-order valence-corrected chi connectivity index (χ1v) is 4.44. The second kappa shape index (κ2) is 17.6. The molecule has 0 unspecified atom stereocenters. The van der Waals surface area contributed by atoms with Crippen molar-refractivity contribution in [2.24, 2.45) is 0 Å². The van der Waals surface area contributed by atoms with Gasteiger partial charge in [-0.15, -0.1) is 23.2 Å². The number of ether oxygens (including phenoxy) is 1. The summed E-state index contributed by atoms with van der Waals surface area (Å²) in [6.45, 7) is 4.74. The molecular weight excluding hydrogens is 219 g/mol. The molecule has 0 radical (unpaired) electrons. The second-order valence-corrected chi connectivity index (χ2v) is 2.35. The van der Waals surface area contributed by atoms with Crippen LogP contribution in [0.1, 0.15) is 20.8 Å².